The van der Waals surface area contributed by atoms with E-state index in [2.05, 4.69) is 12.2 Å². The van der Waals surface area contributed by atoms with Crippen LogP contribution < -0.4 is 5.32 Å². The van der Waals surface area contributed by atoms with E-state index in [-0.39, 0.29) is 0 Å². The van der Waals surface area contributed by atoms with Crippen molar-refractivity contribution in [1.82, 2.24) is 5.32 Å². The molecular formula is C16H29N. The van der Waals surface area contributed by atoms with Gasteiger partial charge in [0.25, 0.3) is 0 Å². The van der Waals surface area contributed by atoms with Gasteiger partial charge in [0.1, 0.15) is 0 Å². The first kappa shape index (κ1) is 12.0. The normalized spacial score (nSPS) is 39.7. The Hall–Kier alpha value is -0.0400. The molecule has 3 rings (SSSR count). The smallest absolute Gasteiger partial charge is 0.00700 e. The molecule has 0 aromatic heterocycles. The van der Waals surface area contributed by atoms with E-state index in [4.69, 9.17) is 0 Å². The van der Waals surface area contributed by atoms with Gasteiger partial charge in [0.05, 0.1) is 0 Å². The predicted octanol–water partition coefficient (Wildman–Crippen LogP) is 3.98. The SMILES string of the molecule is CC(CNC1CCC2CCCCC2C1)C1CC1. The van der Waals surface area contributed by atoms with Crippen LogP contribution in [0.3, 0.4) is 0 Å². The molecule has 98 valence electrons. The van der Waals surface area contributed by atoms with E-state index >= 15 is 0 Å². The molecule has 4 unspecified atom stereocenters. The summed E-state index contributed by atoms with van der Waals surface area (Å²) in [6, 6.07) is 0.857. The van der Waals surface area contributed by atoms with Gasteiger partial charge in [-0.3, -0.25) is 0 Å². The summed E-state index contributed by atoms with van der Waals surface area (Å²) in [7, 11) is 0. The van der Waals surface area contributed by atoms with Crippen LogP contribution in [0.4, 0.5) is 0 Å². The molecule has 17 heavy (non-hydrogen) atoms. The van der Waals surface area contributed by atoms with Gasteiger partial charge in [-0.2, -0.15) is 0 Å². The van der Waals surface area contributed by atoms with Crippen molar-refractivity contribution in [2.24, 2.45) is 23.7 Å². The van der Waals surface area contributed by atoms with Crippen LogP contribution in [-0.4, -0.2) is 12.6 Å². The highest BCUT2D eigenvalue weighted by atomic mass is 14.9. The number of nitrogens with one attached hydrogen (secondary N) is 1. The van der Waals surface area contributed by atoms with Gasteiger partial charge in [-0.05, 0) is 62.3 Å². The quantitative estimate of drug-likeness (QED) is 0.777. The molecule has 0 radical (unpaired) electrons. The second-order valence-corrected chi connectivity index (χ2v) is 7.04. The highest BCUT2D eigenvalue weighted by Crippen LogP contribution is 2.41. The van der Waals surface area contributed by atoms with E-state index in [1.54, 1.807) is 0 Å². The zero-order valence-electron chi connectivity index (χ0n) is 11.5. The van der Waals surface area contributed by atoms with E-state index in [1.165, 1.54) is 64.3 Å². The Morgan fingerprint density at radius 1 is 0.941 bits per heavy atom. The summed E-state index contributed by atoms with van der Waals surface area (Å²) < 4.78 is 0. The third-order valence-corrected chi connectivity index (χ3v) is 5.69. The Kier molecular flexibility index (Phi) is 3.75. The van der Waals surface area contributed by atoms with Gasteiger partial charge < -0.3 is 5.32 Å². The first-order valence-corrected chi connectivity index (χ1v) is 8.06. The first-order valence-electron chi connectivity index (χ1n) is 8.06. The zero-order valence-corrected chi connectivity index (χ0v) is 11.5. The third kappa shape index (κ3) is 3.05. The minimum absolute atomic E-state index is 0.857. The van der Waals surface area contributed by atoms with Crippen LogP contribution in [-0.2, 0) is 0 Å². The van der Waals surface area contributed by atoms with Gasteiger partial charge in [-0.25, -0.2) is 0 Å². The monoisotopic (exact) mass is 235 g/mol. The minimum atomic E-state index is 0.857. The predicted molar refractivity (Wildman–Crippen MR) is 73.0 cm³/mol. The summed E-state index contributed by atoms with van der Waals surface area (Å²) >= 11 is 0. The Morgan fingerprint density at radius 2 is 1.71 bits per heavy atom. The Labute approximate surface area is 107 Å². The largest absolute Gasteiger partial charge is 0.314 e. The van der Waals surface area contributed by atoms with Crippen molar-refractivity contribution >= 4 is 0 Å². The van der Waals surface area contributed by atoms with Crippen molar-refractivity contribution in [2.45, 2.75) is 70.8 Å². The second-order valence-electron chi connectivity index (χ2n) is 7.04. The molecule has 0 spiro atoms. The maximum absolute atomic E-state index is 3.88. The lowest BCUT2D eigenvalue weighted by molar-refractivity contribution is 0.141. The first-order chi connectivity index (χ1) is 8.33. The lowest BCUT2D eigenvalue weighted by atomic mass is 9.69. The van der Waals surface area contributed by atoms with Crippen LogP contribution in [0.2, 0.25) is 0 Å². The number of fused-ring (bicyclic) bond motifs is 1. The van der Waals surface area contributed by atoms with Crippen molar-refractivity contribution in [3.8, 4) is 0 Å². The molecule has 0 amide bonds. The highest BCUT2D eigenvalue weighted by Gasteiger charge is 2.33. The third-order valence-electron chi connectivity index (χ3n) is 5.69. The summed E-state index contributed by atoms with van der Waals surface area (Å²) in [4.78, 5) is 0. The van der Waals surface area contributed by atoms with Crippen molar-refractivity contribution in [3.63, 3.8) is 0 Å². The van der Waals surface area contributed by atoms with Crippen LogP contribution in [0.15, 0.2) is 0 Å². The molecule has 1 heteroatoms. The number of rotatable bonds is 4. The van der Waals surface area contributed by atoms with E-state index in [9.17, 15) is 0 Å². The zero-order chi connectivity index (χ0) is 11.7. The highest BCUT2D eigenvalue weighted by molar-refractivity contribution is 4.87. The van der Waals surface area contributed by atoms with Crippen LogP contribution in [0, 0.1) is 23.7 Å². The van der Waals surface area contributed by atoms with Gasteiger partial charge in [0, 0.05) is 6.04 Å². The molecule has 3 saturated carbocycles. The summed E-state index contributed by atoms with van der Waals surface area (Å²) in [5.41, 5.74) is 0. The molecule has 0 aromatic rings. The molecular weight excluding hydrogens is 206 g/mol. The topological polar surface area (TPSA) is 12.0 Å². The minimum Gasteiger partial charge on any atom is -0.314 e. The molecule has 4 atom stereocenters. The van der Waals surface area contributed by atoms with Crippen LogP contribution in [0.25, 0.3) is 0 Å². The molecule has 0 saturated heterocycles. The summed E-state index contributed by atoms with van der Waals surface area (Å²) in [6.45, 7) is 3.73. The maximum atomic E-state index is 3.88. The fourth-order valence-electron chi connectivity index (χ4n) is 4.24. The fourth-order valence-corrected chi connectivity index (χ4v) is 4.24. The second kappa shape index (κ2) is 5.30. The van der Waals surface area contributed by atoms with Crippen LogP contribution in [0.5, 0.6) is 0 Å². The molecule has 0 aliphatic heterocycles. The van der Waals surface area contributed by atoms with Crippen molar-refractivity contribution < 1.29 is 0 Å². The van der Waals surface area contributed by atoms with E-state index in [0.29, 0.717) is 0 Å². The molecule has 3 fully saturated rings. The fraction of sp³-hybridized carbons (Fsp3) is 1.00. The molecule has 3 aliphatic carbocycles. The molecule has 1 N–H and O–H groups in total. The van der Waals surface area contributed by atoms with Crippen molar-refractivity contribution in [3.05, 3.63) is 0 Å². The average molecular weight is 235 g/mol. The van der Waals surface area contributed by atoms with E-state index in [1.807, 2.05) is 0 Å². The van der Waals surface area contributed by atoms with Crippen molar-refractivity contribution in [1.29, 1.82) is 0 Å². The van der Waals surface area contributed by atoms with Crippen molar-refractivity contribution in [2.75, 3.05) is 6.54 Å². The number of hydrogen-bond donors (Lipinski definition) is 1. The maximum Gasteiger partial charge on any atom is 0.00700 e. The standard InChI is InChI=1S/C16H29N/c1-12(13-6-7-13)11-17-16-9-8-14-4-2-3-5-15(14)10-16/h12-17H,2-11H2,1H3. The Morgan fingerprint density at radius 3 is 2.47 bits per heavy atom. The van der Waals surface area contributed by atoms with Crippen LogP contribution in [0.1, 0.15) is 64.7 Å². The van der Waals surface area contributed by atoms with Gasteiger partial charge in [-0.1, -0.05) is 32.6 Å². The Bertz CT molecular complexity index is 246. The van der Waals surface area contributed by atoms with Crippen LogP contribution >= 0.6 is 0 Å². The van der Waals surface area contributed by atoms with Gasteiger partial charge in [0.15, 0.2) is 0 Å². The van der Waals surface area contributed by atoms with E-state index in [0.717, 1.165) is 29.7 Å². The van der Waals surface area contributed by atoms with Gasteiger partial charge in [0.2, 0.25) is 0 Å². The summed E-state index contributed by atoms with van der Waals surface area (Å²) in [5.74, 6) is 4.17. The van der Waals surface area contributed by atoms with E-state index < -0.39 is 0 Å². The van der Waals surface area contributed by atoms with Gasteiger partial charge in [-0.15, -0.1) is 0 Å². The summed E-state index contributed by atoms with van der Waals surface area (Å²) in [6.07, 6.45) is 13.5. The molecule has 3 aliphatic rings. The molecule has 0 bridgehead atoms. The molecule has 0 aromatic carbocycles. The number of hydrogen-bond acceptors (Lipinski definition) is 1. The summed E-state index contributed by atoms with van der Waals surface area (Å²) in [5, 5.41) is 3.88. The van der Waals surface area contributed by atoms with Gasteiger partial charge >= 0.3 is 0 Å². The Balaban J connectivity index is 1.42. The molecule has 1 nitrogen and oxygen atoms in total. The lowest BCUT2D eigenvalue weighted by Gasteiger charge is -2.40. The lowest BCUT2D eigenvalue weighted by Crippen LogP contribution is -2.40. The molecule has 0 heterocycles. The average Bonchev–Trinajstić information content (AvgIpc) is 3.20.